The number of carboxylic acids is 1. The summed E-state index contributed by atoms with van der Waals surface area (Å²) in [6.45, 7) is 3.40. The fraction of sp³-hybridized carbons (Fsp3) is 0.282. The minimum absolute atomic E-state index is 0.259. The molecule has 6 aromatic rings. The van der Waals surface area contributed by atoms with Crippen molar-refractivity contribution in [2.75, 3.05) is 6.61 Å². The van der Waals surface area contributed by atoms with Crippen molar-refractivity contribution in [3.63, 3.8) is 0 Å². The first-order valence-corrected chi connectivity index (χ1v) is 19.1. The maximum absolute atomic E-state index is 14.3. The van der Waals surface area contributed by atoms with Crippen LogP contribution in [0.15, 0.2) is 65.6 Å². The number of aromatic nitrogens is 3. The van der Waals surface area contributed by atoms with E-state index in [1.54, 1.807) is 28.5 Å². The normalized spacial score (nSPS) is 15.2. The lowest BCUT2D eigenvalue weighted by molar-refractivity contribution is 0.0685. The first-order chi connectivity index (χ1) is 23.8. The standard InChI is InChI=1S/C39H35ClFN3O3S2/c1-22-15-23-7-8-24(22)20-49-27-17-25-16-26(41)9-10-28(25)34(18-27)47-14-4-5-29-30-11-12-31(40)35(37(30)43(2)38(29)39(45)46)36-32(21-48-19-23)42-44-13-3-6-33(36)44/h7-12,15-18H,3-6,13-14,19-21H2,1-2H3,(H,45,46). The van der Waals surface area contributed by atoms with Gasteiger partial charge in [0, 0.05) is 63.3 Å². The Balaban J connectivity index is 1.26. The molecule has 2 aromatic heterocycles. The Hall–Kier alpha value is -3.92. The van der Waals surface area contributed by atoms with E-state index < -0.39 is 5.97 Å². The Bertz CT molecular complexity index is 2300. The van der Waals surface area contributed by atoms with Gasteiger partial charge < -0.3 is 14.4 Å². The highest BCUT2D eigenvalue weighted by Crippen LogP contribution is 2.44. The molecule has 0 amide bonds. The van der Waals surface area contributed by atoms with Crippen LogP contribution in [0.1, 0.15) is 57.0 Å². The summed E-state index contributed by atoms with van der Waals surface area (Å²) in [6.07, 6.45) is 3.02. The quantitative estimate of drug-likeness (QED) is 0.183. The fourth-order valence-corrected chi connectivity index (χ4v) is 9.70. The second-order valence-corrected chi connectivity index (χ2v) is 15.3. The van der Waals surface area contributed by atoms with Crippen molar-refractivity contribution in [3.8, 4) is 16.9 Å². The second-order valence-electron chi connectivity index (χ2n) is 12.9. The lowest BCUT2D eigenvalue weighted by Crippen LogP contribution is -2.09. The van der Waals surface area contributed by atoms with Crippen LogP contribution in [-0.4, -0.2) is 32.0 Å². The third kappa shape index (κ3) is 5.89. The highest BCUT2D eigenvalue weighted by molar-refractivity contribution is 7.98. The summed E-state index contributed by atoms with van der Waals surface area (Å²) in [7, 11) is 1.83. The number of thioether (sulfide) groups is 2. The molecule has 3 aliphatic rings. The summed E-state index contributed by atoms with van der Waals surface area (Å²) in [5, 5.41) is 18.7. The molecule has 1 N–H and O–H groups in total. The predicted octanol–water partition coefficient (Wildman–Crippen LogP) is 9.99. The summed E-state index contributed by atoms with van der Waals surface area (Å²) in [6, 6.07) is 19.4. The number of carboxylic acid groups (broad SMARTS) is 1. The number of hydrogen-bond acceptors (Lipinski definition) is 5. The molecule has 0 fully saturated rings. The van der Waals surface area contributed by atoms with E-state index in [1.807, 2.05) is 43.1 Å². The van der Waals surface area contributed by atoms with Gasteiger partial charge in [-0.05, 0) is 96.6 Å². The minimum atomic E-state index is -0.975. The molecule has 0 saturated heterocycles. The third-order valence-corrected chi connectivity index (χ3v) is 12.1. The fourth-order valence-electron chi connectivity index (χ4n) is 7.49. The van der Waals surface area contributed by atoms with Gasteiger partial charge in [0.05, 0.1) is 22.8 Å². The molecule has 0 atom stereocenters. The molecule has 0 spiro atoms. The van der Waals surface area contributed by atoms with Crippen LogP contribution >= 0.6 is 35.1 Å². The molecule has 0 unspecified atom stereocenters. The first-order valence-electron chi connectivity index (χ1n) is 16.5. The molecule has 6 nitrogen and oxygen atoms in total. The second kappa shape index (κ2) is 13.1. The Kier molecular flexibility index (Phi) is 8.62. The van der Waals surface area contributed by atoms with Crippen molar-refractivity contribution in [1.82, 2.24) is 14.3 Å². The lowest BCUT2D eigenvalue weighted by atomic mass is 9.97. The van der Waals surface area contributed by atoms with Crippen molar-refractivity contribution in [1.29, 1.82) is 0 Å². The summed E-state index contributed by atoms with van der Waals surface area (Å²) in [4.78, 5) is 13.8. The number of benzene rings is 4. The molecule has 10 heteroatoms. The van der Waals surface area contributed by atoms with Crippen LogP contribution in [-0.2, 0) is 43.7 Å². The van der Waals surface area contributed by atoms with E-state index >= 15 is 0 Å². The summed E-state index contributed by atoms with van der Waals surface area (Å²) in [5.74, 6) is 1.76. The largest absolute Gasteiger partial charge is 0.493 e. The number of rotatable bonds is 1. The predicted molar refractivity (Wildman–Crippen MR) is 198 cm³/mol. The number of hydrogen-bond donors (Lipinski definition) is 1. The van der Waals surface area contributed by atoms with Crippen LogP contribution in [0.25, 0.3) is 32.8 Å². The number of aryl methyl sites for hydroxylation is 4. The van der Waals surface area contributed by atoms with Crippen LogP contribution in [0.4, 0.5) is 4.39 Å². The number of carbonyl (C=O) groups is 1. The van der Waals surface area contributed by atoms with Gasteiger partial charge in [-0.1, -0.05) is 35.9 Å². The van der Waals surface area contributed by atoms with E-state index in [1.165, 1.54) is 28.5 Å². The Labute approximate surface area is 297 Å². The Morgan fingerprint density at radius 2 is 1.84 bits per heavy atom. The molecule has 5 heterocycles. The van der Waals surface area contributed by atoms with Crippen molar-refractivity contribution in [3.05, 3.63) is 111 Å². The van der Waals surface area contributed by atoms with Gasteiger partial charge in [-0.25, -0.2) is 9.18 Å². The topological polar surface area (TPSA) is 69.3 Å². The Morgan fingerprint density at radius 1 is 0.980 bits per heavy atom. The minimum Gasteiger partial charge on any atom is -0.493 e. The van der Waals surface area contributed by atoms with E-state index in [2.05, 4.69) is 29.8 Å². The molecule has 0 aliphatic carbocycles. The van der Waals surface area contributed by atoms with Crippen LogP contribution in [0.2, 0.25) is 5.02 Å². The van der Waals surface area contributed by atoms with Gasteiger partial charge >= 0.3 is 5.97 Å². The third-order valence-electron chi connectivity index (χ3n) is 9.76. The molecule has 0 radical (unpaired) electrons. The average Bonchev–Trinajstić information content (AvgIpc) is 3.74. The van der Waals surface area contributed by atoms with Gasteiger partial charge in [0.15, 0.2) is 0 Å². The van der Waals surface area contributed by atoms with Gasteiger partial charge in [0.1, 0.15) is 17.3 Å². The van der Waals surface area contributed by atoms with Gasteiger partial charge in [0.25, 0.3) is 0 Å². The van der Waals surface area contributed by atoms with E-state index in [0.717, 1.165) is 79.8 Å². The van der Waals surface area contributed by atoms with E-state index in [-0.39, 0.29) is 11.5 Å². The molecule has 0 saturated carbocycles. The molecule has 4 aromatic carbocycles. The molecular weight excluding hydrogens is 677 g/mol. The number of ether oxygens (including phenoxy) is 1. The van der Waals surface area contributed by atoms with Crippen LogP contribution in [0, 0.1) is 12.7 Å². The smallest absolute Gasteiger partial charge is 0.352 e. The van der Waals surface area contributed by atoms with Crippen molar-refractivity contribution in [2.45, 2.75) is 61.3 Å². The van der Waals surface area contributed by atoms with E-state index in [4.69, 9.17) is 21.4 Å². The first kappa shape index (κ1) is 32.3. The van der Waals surface area contributed by atoms with Gasteiger partial charge in [-0.2, -0.15) is 16.9 Å². The van der Waals surface area contributed by atoms with E-state index in [9.17, 15) is 14.3 Å². The lowest BCUT2D eigenvalue weighted by Gasteiger charge is -2.14. The van der Waals surface area contributed by atoms with Crippen molar-refractivity contribution >= 4 is 62.8 Å². The zero-order valence-corrected chi connectivity index (χ0v) is 29.7. The molecule has 9 rings (SSSR count). The maximum atomic E-state index is 14.3. The summed E-state index contributed by atoms with van der Waals surface area (Å²) >= 11 is 10.6. The van der Waals surface area contributed by atoms with Gasteiger partial charge in [-0.3, -0.25) is 4.68 Å². The monoisotopic (exact) mass is 711 g/mol. The zero-order valence-electron chi connectivity index (χ0n) is 27.3. The SMILES string of the molecule is Cc1cc2ccc1CSc1cc(c3ccc(F)cc3c1)OCCCc1c(C(=O)O)n(C)c3c(c(Cl)ccc13)-c1c(nn3c1CCC3)CSC2. The average molecular weight is 712 g/mol. The molecule has 49 heavy (non-hydrogen) atoms. The van der Waals surface area contributed by atoms with Crippen LogP contribution in [0.3, 0.4) is 0 Å². The summed E-state index contributed by atoms with van der Waals surface area (Å²) < 4.78 is 24.6. The molecule has 250 valence electrons. The maximum Gasteiger partial charge on any atom is 0.352 e. The number of nitrogens with zero attached hydrogens (tertiary/aromatic N) is 3. The number of fused-ring (bicyclic) bond motifs is 10. The van der Waals surface area contributed by atoms with Crippen LogP contribution < -0.4 is 4.74 Å². The van der Waals surface area contributed by atoms with Crippen molar-refractivity contribution in [2.24, 2.45) is 7.05 Å². The van der Waals surface area contributed by atoms with Gasteiger partial charge in [-0.15, -0.1) is 11.8 Å². The molecular formula is C39H35ClFN3O3S2. The van der Waals surface area contributed by atoms with E-state index in [0.29, 0.717) is 36.0 Å². The molecule has 8 bridgehead atoms. The highest BCUT2D eigenvalue weighted by atomic mass is 35.5. The zero-order chi connectivity index (χ0) is 33.8. The van der Waals surface area contributed by atoms with Crippen LogP contribution in [0.5, 0.6) is 5.75 Å². The number of halogens is 2. The molecule has 3 aliphatic heterocycles. The van der Waals surface area contributed by atoms with Crippen molar-refractivity contribution < 1.29 is 19.0 Å². The van der Waals surface area contributed by atoms with Gasteiger partial charge in [0.2, 0.25) is 0 Å². The Morgan fingerprint density at radius 3 is 2.67 bits per heavy atom. The number of aromatic carboxylic acids is 1. The summed E-state index contributed by atoms with van der Waals surface area (Å²) in [5.41, 5.74) is 9.66. The highest BCUT2D eigenvalue weighted by Gasteiger charge is 2.29.